The number of likely N-dealkylation sites (N-methyl/N-ethyl adjacent to an activating group) is 1. The zero-order valence-electron chi connectivity index (χ0n) is 19.0. The van der Waals surface area contributed by atoms with Crippen LogP contribution in [0.2, 0.25) is 0 Å². The van der Waals surface area contributed by atoms with Gasteiger partial charge in [-0.25, -0.2) is 4.79 Å². The normalized spacial score (nSPS) is 11.1. The second kappa shape index (κ2) is 11.1. The largest absolute Gasteiger partial charge is 0.415 e. The van der Waals surface area contributed by atoms with E-state index in [0.29, 0.717) is 37.8 Å². The maximum absolute atomic E-state index is 12.8. The van der Waals surface area contributed by atoms with Crippen molar-refractivity contribution >= 4 is 12.0 Å². The third-order valence-electron chi connectivity index (χ3n) is 5.17. The Labute approximate surface area is 171 Å². The van der Waals surface area contributed by atoms with Gasteiger partial charge in [-0.1, -0.05) is 39.8 Å². The maximum atomic E-state index is 12.8. The van der Waals surface area contributed by atoms with Crippen LogP contribution < -0.4 is 4.74 Å². The van der Waals surface area contributed by atoms with E-state index >= 15 is 0 Å². The highest BCUT2D eigenvalue weighted by Gasteiger charge is 2.23. The van der Waals surface area contributed by atoms with Crippen LogP contribution in [-0.4, -0.2) is 48.0 Å². The first-order chi connectivity index (χ1) is 13.2. The Kier molecular flexibility index (Phi) is 9.50. The van der Waals surface area contributed by atoms with E-state index in [2.05, 4.69) is 33.8 Å². The standard InChI is InChI=1S/C23H38N2O3/c1-9-24(10-2)21(26)15-19-13-18(16(5)6)14-20(17(7)8)22(19)28-23(27)25(11-3)12-4/h13-14,16-17H,9-12,15H2,1-8H3. The topological polar surface area (TPSA) is 49.9 Å². The molecule has 0 unspecified atom stereocenters. The van der Waals surface area contributed by atoms with Crippen molar-refractivity contribution in [2.75, 3.05) is 26.2 Å². The van der Waals surface area contributed by atoms with E-state index < -0.39 is 0 Å². The molecule has 0 saturated carbocycles. The molecule has 158 valence electrons. The Balaban J connectivity index is 3.46. The summed E-state index contributed by atoms with van der Waals surface area (Å²) < 4.78 is 5.88. The van der Waals surface area contributed by atoms with Gasteiger partial charge in [0.15, 0.2) is 0 Å². The minimum Gasteiger partial charge on any atom is -0.410 e. The molecule has 0 radical (unpaired) electrons. The fourth-order valence-corrected chi connectivity index (χ4v) is 3.24. The van der Waals surface area contributed by atoms with Crippen molar-refractivity contribution in [1.29, 1.82) is 0 Å². The molecule has 0 aliphatic carbocycles. The lowest BCUT2D eigenvalue weighted by atomic mass is 9.90. The van der Waals surface area contributed by atoms with Gasteiger partial charge < -0.3 is 14.5 Å². The Bertz CT molecular complexity index is 660. The lowest BCUT2D eigenvalue weighted by Crippen LogP contribution is -2.34. The number of amides is 2. The highest BCUT2D eigenvalue weighted by atomic mass is 16.6. The van der Waals surface area contributed by atoms with Crippen molar-refractivity contribution < 1.29 is 14.3 Å². The molecule has 28 heavy (non-hydrogen) atoms. The predicted octanol–water partition coefficient (Wildman–Crippen LogP) is 5.18. The minimum absolute atomic E-state index is 0.0563. The van der Waals surface area contributed by atoms with E-state index in [9.17, 15) is 9.59 Å². The smallest absolute Gasteiger partial charge is 0.410 e. The first-order valence-electron chi connectivity index (χ1n) is 10.6. The molecule has 5 nitrogen and oxygen atoms in total. The van der Waals surface area contributed by atoms with Gasteiger partial charge in [-0.3, -0.25) is 4.79 Å². The van der Waals surface area contributed by atoms with E-state index in [1.165, 1.54) is 0 Å². The summed E-state index contributed by atoms with van der Waals surface area (Å²) in [5.74, 6) is 1.12. The summed E-state index contributed by atoms with van der Waals surface area (Å²) >= 11 is 0. The Morgan fingerprint density at radius 2 is 1.39 bits per heavy atom. The number of benzene rings is 1. The number of hydrogen-bond acceptors (Lipinski definition) is 3. The van der Waals surface area contributed by atoms with Gasteiger partial charge in [0.25, 0.3) is 0 Å². The summed E-state index contributed by atoms with van der Waals surface area (Å²) in [6, 6.07) is 4.15. The highest BCUT2D eigenvalue weighted by Crippen LogP contribution is 2.35. The molecule has 0 bridgehead atoms. The van der Waals surface area contributed by atoms with E-state index in [1.807, 2.05) is 38.7 Å². The van der Waals surface area contributed by atoms with Gasteiger partial charge in [0.2, 0.25) is 5.91 Å². The number of rotatable bonds is 9. The fourth-order valence-electron chi connectivity index (χ4n) is 3.24. The lowest BCUT2D eigenvalue weighted by molar-refractivity contribution is -0.130. The van der Waals surface area contributed by atoms with Crippen molar-refractivity contribution in [3.8, 4) is 5.75 Å². The number of carbonyl (C=O) groups is 2. The molecule has 0 aromatic heterocycles. The van der Waals surface area contributed by atoms with Crippen LogP contribution in [-0.2, 0) is 11.2 Å². The monoisotopic (exact) mass is 390 g/mol. The van der Waals surface area contributed by atoms with Crippen LogP contribution in [0, 0.1) is 0 Å². The molecule has 0 spiro atoms. The summed E-state index contributed by atoms with van der Waals surface area (Å²) in [5.41, 5.74) is 2.94. The molecule has 0 aliphatic rings. The summed E-state index contributed by atoms with van der Waals surface area (Å²) in [4.78, 5) is 28.9. The van der Waals surface area contributed by atoms with Crippen LogP contribution in [0.4, 0.5) is 4.79 Å². The van der Waals surface area contributed by atoms with Gasteiger partial charge in [-0.15, -0.1) is 0 Å². The van der Waals surface area contributed by atoms with E-state index in [4.69, 9.17) is 4.74 Å². The molecule has 0 aliphatic heterocycles. The molecule has 1 rings (SSSR count). The third-order valence-corrected chi connectivity index (χ3v) is 5.17. The van der Waals surface area contributed by atoms with Crippen LogP contribution in [0.5, 0.6) is 5.75 Å². The van der Waals surface area contributed by atoms with Crippen LogP contribution in [0.15, 0.2) is 12.1 Å². The zero-order valence-corrected chi connectivity index (χ0v) is 19.0. The second-order valence-corrected chi connectivity index (χ2v) is 7.69. The number of hydrogen-bond donors (Lipinski definition) is 0. The molecule has 0 N–H and O–H groups in total. The van der Waals surface area contributed by atoms with Crippen molar-refractivity contribution in [3.63, 3.8) is 0 Å². The quantitative estimate of drug-likeness (QED) is 0.583. The van der Waals surface area contributed by atoms with Crippen molar-refractivity contribution in [2.45, 2.75) is 73.6 Å². The first-order valence-corrected chi connectivity index (χ1v) is 10.6. The van der Waals surface area contributed by atoms with Crippen LogP contribution in [0.25, 0.3) is 0 Å². The fraction of sp³-hybridized carbons (Fsp3) is 0.652. The van der Waals surface area contributed by atoms with Gasteiger partial charge in [0.05, 0.1) is 6.42 Å². The molecule has 2 amide bonds. The van der Waals surface area contributed by atoms with Gasteiger partial charge in [0, 0.05) is 31.7 Å². The number of carbonyl (C=O) groups excluding carboxylic acids is 2. The van der Waals surface area contributed by atoms with E-state index in [1.54, 1.807) is 4.90 Å². The molecular formula is C23H38N2O3. The van der Waals surface area contributed by atoms with Crippen LogP contribution >= 0.6 is 0 Å². The van der Waals surface area contributed by atoms with Gasteiger partial charge >= 0.3 is 6.09 Å². The van der Waals surface area contributed by atoms with Gasteiger partial charge in [-0.05, 0) is 50.7 Å². The molecule has 0 saturated heterocycles. The molecule has 1 aromatic carbocycles. The number of nitrogens with zero attached hydrogens (tertiary/aromatic N) is 2. The molecule has 0 fully saturated rings. The first kappa shape index (κ1) is 24.0. The van der Waals surface area contributed by atoms with Crippen molar-refractivity contribution in [2.24, 2.45) is 0 Å². The number of ether oxygens (including phenoxy) is 1. The molecular weight excluding hydrogens is 352 g/mol. The summed E-state index contributed by atoms with van der Waals surface area (Å²) in [5, 5.41) is 0. The van der Waals surface area contributed by atoms with Gasteiger partial charge in [-0.2, -0.15) is 0 Å². The Morgan fingerprint density at radius 3 is 1.82 bits per heavy atom. The molecule has 0 heterocycles. The SMILES string of the molecule is CCN(CC)C(=O)Cc1cc(C(C)C)cc(C(C)C)c1OC(=O)N(CC)CC. The maximum Gasteiger partial charge on any atom is 0.415 e. The van der Waals surface area contributed by atoms with E-state index in [-0.39, 0.29) is 24.3 Å². The third kappa shape index (κ3) is 5.98. The average molecular weight is 391 g/mol. The van der Waals surface area contributed by atoms with Crippen molar-refractivity contribution in [3.05, 3.63) is 28.8 Å². The van der Waals surface area contributed by atoms with Crippen molar-refractivity contribution in [1.82, 2.24) is 9.80 Å². The second-order valence-electron chi connectivity index (χ2n) is 7.69. The summed E-state index contributed by atoms with van der Waals surface area (Å²) in [7, 11) is 0. The summed E-state index contributed by atoms with van der Waals surface area (Å²) in [6.45, 7) is 18.8. The predicted molar refractivity (Wildman–Crippen MR) is 115 cm³/mol. The lowest BCUT2D eigenvalue weighted by Gasteiger charge is -2.25. The Hall–Kier alpha value is -2.04. The van der Waals surface area contributed by atoms with Crippen LogP contribution in [0.3, 0.4) is 0 Å². The van der Waals surface area contributed by atoms with E-state index in [0.717, 1.165) is 16.7 Å². The highest BCUT2D eigenvalue weighted by molar-refractivity contribution is 5.81. The molecule has 0 atom stereocenters. The molecule has 5 heteroatoms. The average Bonchev–Trinajstić information content (AvgIpc) is 2.64. The zero-order chi connectivity index (χ0) is 21.4. The molecule has 1 aromatic rings. The Morgan fingerprint density at radius 1 is 0.857 bits per heavy atom. The minimum atomic E-state index is -0.360. The summed E-state index contributed by atoms with van der Waals surface area (Å²) in [6.07, 6.45) is -0.122. The van der Waals surface area contributed by atoms with Gasteiger partial charge in [0.1, 0.15) is 5.75 Å². The van der Waals surface area contributed by atoms with Crippen LogP contribution in [0.1, 0.15) is 83.9 Å².